The van der Waals surface area contributed by atoms with Crippen molar-refractivity contribution in [3.8, 4) is 0 Å². The molecule has 26 heavy (non-hydrogen) atoms. The van der Waals surface area contributed by atoms with E-state index in [0.717, 1.165) is 12.1 Å². The zero-order chi connectivity index (χ0) is 18.6. The first-order valence-electron chi connectivity index (χ1n) is 7.50. The molecule has 3 rings (SSSR count). The molecule has 0 unspecified atom stereocenters. The number of hydrogen-bond donors (Lipinski definition) is 2. The van der Waals surface area contributed by atoms with Gasteiger partial charge in [-0.25, -0.2) is 0 Å². The van der Waals surface area contributed by atoms with Crippen LogP contribution >= 0.6 is 0 Å². The van der Waals surface area contributed by atoms with E-state index in [2.05, 4.69) is 20.8 Å². The second kappa shape index (κ2) is 7.26. The fourth-order valence-corrected chi connectivity index (χ4v) is 2.08. The number of benzene rings is 1. The number of nitrogens with zero attached hydrogens (tertiary/aromatic N) is 2. The quantitative estimate of drug-likeness (QED) is 0.722. The van der Waals surface area contributed by atoms with Gasteiger partial charge in [0.15, 0.2) is 11.5 Å². The van der Waals surface area contributed by atoms with Gasteiger partial charge in [0.25, 0.3) is 5.91 Å². The summed E-state index contributed by atoms with van der Waals surface area (Å²) in [7, 11) is 0. The van der Waals surface area contributed by atoms with E-state index in [9.17, 15) is 18.0 Å². The maximum atomic E-state index is 12.5. The molecule has 0 fully saturated rings. The van der Waals surface area contributed by atoms with Crippen molar-refractivity contribution in [2.24, 2.45) is 0 Å². The molecule has 2 aromatic heterocycles. The van der Waals surface area contributed by atoms with E-state index in [0.29, 0.717) is 17.3 Å². The Morgan fingerprint density at radius 2 is 1.81 bits per heavy atom. The van der Waals surface area contributed by atoms with Gasteiger partial charge in [-0.2, -0.15) is 13.2 Å². The molecule has 0 aliphatic carbocycles. The highest BCUT2D eigenvalue weighted by atomic mass is 19.4. The molecule has 0 atom stereocenters. The Balaban J connectivity index is 1.59. The highest BCUT2D eigenvalue weighted by Gasteiger charge is 2.29. The van der Waals surface area contributed by atoms with Crippen LogP contribution in [0.15, 0.2) is 59.2 Å². The molecule has 0 spiro atoms. The van der Waals surface area contributed by atoms with Crippen LogP contribution in [0.25, 0.3) is 0 Å². The van der Waals surface area contributed by atoms with Gasteiger partial charge in [-0.1, -0.05) is 0 Å². The number of rotatable bonds is 5. The lowest BCUT2D eigenvalue weighted by Crippen LogP contribution is -2.23. The summed E-state index contributed by atoms with van der Waals surface area (Å²) in [5.74, 6) is 0.481. The zero-order valence-electron chi connectivity index (χ0n) is 13.2. The summed E-state index contributed by atoms with van der Waals surface area (Å²) in [4.78, 5) is 12.0. The Labute approximate surface area is 146 Å². The van der Waals surface area contributed by atoms with Crippen LogP contribution < -0.4 is 10.6 Å². The minimum absolute atomic E-state index is 0.106. The van der Waals surface area contributed by atoms with E-state index < -0.39 is 17.6 Å². The molecule has 3 aromatic rings. The van der Waals surface area contributed by atoms with Gasteiger partial charge >= 0.3 is 6.18 Å². The molecule has 9 heteroatoms. The Morgan fingerprint density at radius 1 is 1.04 bits per heavy atom. The normalized spacial score (nSPS) is 11.2. The maximum absolute atomic E-state index is 12.5. The van der Waals surface area contributed by atoms with Gasteiger partial charge in [-0.3, -0.25) is 4.79 Å². The van der Waals surface area contributed by atoms with Crippen molar-refractivity contribution < 1.29 is 22.4 Å². The first-order valence-corrected chi connectivity index (χ1v) is 7.50. The van der Waals surface area contributed by atoms with Crippen molar-refractivity contribution in [3.05, 3.63) is 71.8 Å². The summed E-state index contributed by atoms with van der Waals surface area (Å²) in [5.41, 5.74) is -0.213. The molecule has 1 amide bonds. The summed E-state index contributed by atoms with van der Waals surface area (Å²) in [6, 6.07) is 10.9. The largest absolute Gasteiger partial charge is 0.467 e. The van der Waals surface area contributed by atoms with Crippen molar-refractivity contribution in [1.82, 2.24) is 15.5 Å². The number of hydrogen-bond acceptors (Lipinski definition) is 5. The van der Waals surface area contributed by atoms with Crippen LogP contribution in [0.2, 0.25) is 0 Å². The number of halogens is 3. The van der Waals surface area contributed by atoms with Crippen molar-refractivity contribution in [2.45, 2.75) is 12.7 Å². The number of alkyl halides is 3. The predicted octanol–water partition coefficient (Wildman–Crippen LogP) is 3.76. The number of furan rings is 1. The molecule has 0 radical (unpaired) electrons. The highest BCUT2D eigenvalue weighted by molar-refractivity contribution is 5.92. The average Bonchev–Trinajstić information content (AvgIpc) is 3.13. The van der Waals surface area contributed by atoms with E-state index in [1.807, 2.05) is 0 Å². The van der Waals surface area contributed by atoms with Crippen LogP contribution in [0, 0.1) is 0 Å². The van der Waals surface area contributed by atoms with E-state index in [1.165, 1.54) is 30.5 Å². The summed E-state index contributed by atoms with van der Waals surface area (Å²) in [6.07, 6.45) is -2.88. The fourth-order valence-electron chi connectivity index (χ4n) is 2.08. The maximum Gasteiger partial charge on any atom is 0.416 e. The lowest BCUT2D eigenvalue weighted by Gasteiger charge is -2.09. The third-order valence-electron chi connectivity index (χ3n) is 3.39. The van der Waals surface area contributed by atoms with Gasteiger partial charge < -0.3 is 15.1 Å². The first-order chi connectivity index (χ1) is 12.4. The van der Waals surface area contributed by atoms with Crippen LogP contribution in [0.3, 0.4) is 0 Å². The highest BCUT2D eigenvalue weighted by Crippen LogP contribution is 2.30. The monoisotopic (exact) mass is 362 g/mol. The molecule has 0 saturated carbocycles. The van der Waals surface area contributed by atoms with Gasteiger partial charge in [0.1, 0.15) is 5.76 Å². The topological polar surface area (TPSA) is 80.0 Å². The van der Waals surface area contributed by atoms with Crippen LogP contribution in [0.5, 0.6) is 0 Å². The lowest BCUT2D eigenvalue weighted by molar-refractivity contribution is -0.137. The standard InChI is InChI=1S/C17H13F3N4O2/c18-17(19,20)11-3-5-12(6-4-11)22-15-8-7-14(23-24-15)16(25)21-10-13-2-1-9-26-13/h1-9H,10H2,(H,21,25)(H,22,24). The van der Waals surface area contributed by atoms with Gasteiger partial charge in [0, 0.05) is 5.69 Å². The zero-order valence-corrected chi connectivity index (χ0v) is 13.2. The van der Waals surface area contributed by atoms with Crippen LogP contribution in [-0.2, 0) is 12.7 Å². The van der Waals surface area contributed by atoms with Crippen LogP contribution in [0.4, 0.5) is 24.7 Å². The third kappa shape index (κ3) is 4.38. The molecule has 1 aromatic carbocycles. The number of amides is 1. The second-order valence-corrected chi connectivity index (χ2v) is 5.27. The summed E-state index contributed by atoms with van der Waals surface area (Å²) in [6.45, 7) is 0.221. The van der Waals surface area contributed by atoms with Crippen molar-refractivity contribution >= 4 is 17.4 Å². The second-order valence-electron chi connectivity index (χ2n) is 5.27. The molecule has 0 aliphatic heterocycles. The Hall–Kier alpha value is -3.36. The first kappa shape index (κ1) is 17.5. The molecule has 6 nitrogen and oxygen atoms in total. The van der Waals surface area contributed by atoms with Gasteiger partial charge in [-0.05, 0) is 48.5 Å². The number of carbonyl (C=O) groups is 1. The molecular formula is C17H13F3N4O2. The molecular weight excluding hydrogens is 349 g/mol. The summed E-state index contributed by atoms with van der Waals surface area (Å²) < 4.78 is 42.7. The lowest BCUT2D eigenvalue weighted by atomic mass is 10.2. The average molecular weight is 362 g/mol. The van der Waals surface area contributed by atoms with Gasteiger partial charge in [-0.15, -0.1) is 10.2 Å². The summed E-state index contributed by atoms with van der Waals surface area (Å²) >= 11 is 0. The number of carbonyl (C=O) groups excluding carboxylic acids is 1. The number of nitrogens with one attached hydrogen (secondary N) is 2. The molecule has 134 valence electrons. The van der Waals surface area contributed by atoms with E-state index in [4.69, 9.17) is 4.42 Å². The molecule has 0 saturated heterocycles. The summed E-state index contributed by atoms with van der Waals surface area (Å²) in [5, 5.41) is 13.1. The minimum Gasteiger partial charge on any atom is -0.467 e. The minimum atomic E-state index is -4.39. The molecule has 0 aliphatic rings. The smallest absolute Gasteiger partial charge is 0.416 e. The van der Waals surface area contributed by atoms with E-state index in [1.54, 1.807) is 12.1 Å². The van der Waals surface area contributed by atoms with Crippen molar-refractivity contribution in [1.29, 1.82) is 0 Å². The number of aromatic nitrogens is 2. The Bertz CT molecular complexity index is 861. The predicted molar refractivity (Wildman–Crippen MR) is 86.6 cm³/mol. The van der Waals surface area contributed by atoms with E-state index >= 15 is 0 Å². The number of anilines is 2. The van der Waals surface area contributed by atoms with Gasteiger partial charge in [0.2, 0.25) is 0 Å². The molecule has 2 N–H and O–H groups in total. The Morgan fingerprint density at radius 3 is 2.38 bits per heavy atom. The Kier molecular flexibility index (Phi) is 4.87. The molecule has 0 bridgehead atoms. The van der Waals surface area contributed by atoms with Crippen LogP contribution in [0.1, 0.15) is 21.8 Å². The van der Waals surface area contributed by atoms with Crippen molar-refractivity contribution in [2.75, 3.05) is 5.32 Å². The fraction of sp³-hybridized carbons (Fsp3) is 0.118. The van der Waals surface area contributed by atoms with Crippen molar-refractivity contribution in [3.63, 3.8) is 0 Å². The van der Waals surface area contributed by atoms with Crippen LogP contribution in [-0.4, -0.2) is 16.1 Å². The van der Waals surface area contributed by atoms with Gasteiger partial charge in [0.05, 0.1) is 18.4 Å². The molecule has 2 heterocycles. The van der Waals surface area contributed by atoms with E-state index in [-0.39, 0.29) is 12.2 Å². The third-order valence-corrected chi connectivity index (χ3v) is 3.39. The SMILES string of the molecule is O=C(NCc1ccco1)c1ccc(Nc2ccc(C(F)(F)F)cc2)nn1.